The summed E-state index contributed by atoms with van der Waals surface area (Å²) in [6.07, 6.45) is 11.8. The Balaban J connectivity index is 1.04. The number of carbonyl (C=O) groups is 1. The third-order valence-electron chi connectivity index (χ3n) is 7.17. The van der Waals surface area contributed by atoms with E-state index in [0.717, 1.165) is 54.9 Å². The predicted molar refractivity (Wildman–Crippen MR) is 142 cm³/mol. The van der Waals surface area contributed by atoms with Crippen LogP contribution in [0.2, 0.25) is 0 Å². The second-order valence-electron chi connectivity index (χ2n) is 10.2. The van der Waals surface area contributed by atoms with Gasteiger partial charge in [0.25, 0.3) is 5.91 Å². The number of fused-ring (bicyclic) bond motifs is 1. The van der Waals surface area contributed by atoms with Gasteiger partial charge >= 0.3 is 0 Å². The molecule has 4 aromatic rings. The maximum absolute atomic E-state index is 12.4. The molecule has 0 radical (unpaired) electrons. The summed E-state index contributed by atoms with van der Waals surface area (Å²) < 4.78 is 7.27. The number of H-pyrrole nitrogens is 1. The number of hydrogen-bond donors (Lipinski definition) is 2. The van der Waals surface area contributed by atoms with Crippen molar-refractivity contribution in [2.45, 2.75) is 64.5 Å². The van der Waals surface area contributed by atoms with Crippen LogP contribution in [-0.4, -0.2) is 54.3 Å². The molecule has 1 aliphatic carbocycles. The fourth-order valence-corrected chi connectivity index (χ4v) is 4.92. The molecular weight excluding hydrogens is 480 g/mol. The number of aromatic nitrogens is 7. The van der Waals surface area contributed by atoms with E-state index in [2.05, 4.69) is 47.9 Å². The van der Waals surface area contributed by atoms with Gasteiger partial charge in [-0.2, -0.15) is 5.10 Å². The highest BCUT2D eigenvalue weighted by Crippen LogP contribution is 2.45. The first kappa shape index (κ1) is 24.4. The zero-order valence-electron chi connectivity index (χ0n) is 21.6. The molecule has 10 nitrogen and oxygen atoms in total. The van der Waals surface area contributed by atoms with Crippen molar-refractivity contribution in [3.8, 4) is 0 Å². The number of pyridine rings is 1. The van der Waals surface area contributed by atoms with Gasteiger partial charge < -0.3 is 15.0 Å². The van der Waals surface area contributed by atoms with Crippen molar-refractivity contribution in [3.63, 3.8) is 0 Å². The van der Waals surface area contributed by atoms with Gasteiger partial charge in [-0.1, -0.05) is 17.4 Å². The Morgan fingerprint density at radius 3 is 2.92 bits per heavy atom. The zero-order valence-corrected chi connectivity index (χ0v) is 21.6. The fourth-order valence-electron chi connectivity index (χ4n) is 4.92. The topological polar surface area (TPSA) is 124 Å². The van der Waals surface area contributed by atoms with Crippen molar-refractivity contribution < 1.29 is 9.53 Å². The molecule has 0 aromatic carbocycles. The van der Waals surface area contributed by atoms with Gasteiger partial charge in [0.1, 0.15) is 0 Å². The molecule has 2 aliphatic rings. The molecule has 1 amide bonds. The summed E-state index contributed by atoms with van der Waals surface area (Å²) in [5.41, 5.74) is 8.09. The van der Waals surface area contributed by atoms with Crippen LogP contribution in [0.1, 0.15) is 76.7 Å². The number of aryl methyl sites for hydroxylation is 3. The van der Waals surface area contributed by atoms with Gasteiger partial charge in [-0.3, -0.25) is 14.5 Å². The van der Waals surface area contributed by atoms with Gasteiger partial charge in [-0.25, -0.2) is 0 Å². The smallest absolute Gasteiger partial charge is 0.273 e. The number of amides is 1. The maximum atomic E-state index is 12.4. The summed E-state index contributed by atoms with van der Waals surface area (Å²) in [5.74, 6) is 0.369. The van der Waals surface area contributed by atoms with Crippen LogP contribution >= 0.6 is 0 Å². The van der Waals surface area contributed by atoms with E-state index in [4.69, 9.17) is 4.74 Å². The van der Waals surface area contributed by atoms with Crippen molar-refractivity contribution in [1.82, 2.24) is 40.5 Å². The molecule has 0 bridgehead atoms. The Morgan fingerprint density at radius 1 is 1.21 bits per heavy atom. The number of rotatable bonds is 10. The quantitative estimate of drug-likeness (QED) is 0.309. The average Bonchev–Trinajstić information content (AvgIpc) is 3.56. The van der Waals surface area contributed by atoms with E-state index < -0.39 is 0 Å². The third-order valence-corrected chi connectivity index (χ3v) is 7.17. The summed E-state index contributed by atoms with van der Waals surface area (Å²) >= 11 is 0. The molecular formula is C28H32N8O2. The van der Waals surface area contributed by atoms with E-state index in [9.17, 15) is 4.79 Å². The first-order valence-electron chi connectivity index (χ1n) is 13.4. The minimum atomic E-state index is -0.243. The number of nitrogens with zero attached hydrogens (tertiary/aromatic N) is 6. The summed E-state index contributed by atoms with van der Waals surface area (Å²) in [6.45, 7) is 4.46. The molecule has 196 valence electrons. The van der Waals surface area contributed by atoms with Gasteiger partial charge in [-0.15, -0.1) is 10.2 Å². The molecule has 10 heteroatoms. The second kappa shape index (κ2) is 10.8. The molecule has 38 heavy (non-hydrogen) atoms. The Labute approximate surface area is 220 Å². The maximum Gasteiger partial charge on any atom is 0.273 e. The lowest BCUT2D eigenvalue weighted by molar-refractivity contribution is 0.0945. The van der Waals surface area contributed by atoms with Crippen LogP contribution in [-0.2, 0) is 24.2 Å². The lowest BCUT2D eigenvalue weighted by Gasteiger charge is -2.15. The molecule has 2 N–H and O–H groups in total. The van der Waals surface area contributed by atoms with Crippen molar-refractivity contribution in [2.75, 3.05) is 13.2 Å². The SMILES string of the molecule is Cc1ccc(CNC(=O)c2cn(CCCCc3cc4c(C5=CCOCC5)c(C5CC5)[nH]c4nn3)nn2)cn1. The van der Waals surface area contributed by atoms with Crippen molar-refractivity contribution in [3.05, 3.63) is 70.6 Å². The molecule has 5 heterocycles. The lowest BCUT2D eigenvalue weighted by atomic mass is 9.97. The Bertz CT molecular complexity index is 1470. The highest BCUT2D eigenvalue weighted by molar-refractivity contribution is 5.93. The fraction of sp³-hybridized carbons (Fsp3) is 0.429. The monoisotopic (exact) mass is 512 g/mol. The second-order valence-corrected chi connectivity index (χ2v) is 10.2. The normalized spacial score (nSPS) is 15.6. The van der Waals surface area contributed by atoms with Crippen LogP contribution in [0.4, 0.5) is 0 Å². The van der Waals surface area contributed by atoms with Crippen molar-refractivity contribution in [2.24, 2.45) is 0 Å². The van der Waals surface area contributed by atoms with E-state index in [0.29, 0.717) is 31.3 Å². The van der Waals surface area contributed by atoms with E-state index in [1.165, 1.54) is 35.1 Å². The minimum Gasteiger partial charge on any atom is -0.377 e. The van der Waals surface area contributed by atoms with Crippen LogP contribution in [0.25, 0.3) is 16.6 Å². The van der Waals surface area contributed by atoms with Crippen molar-refractivity contribution >= 4 is 22.5 Å². The number of aromatic amines is 1. The van der Waals surface area contributed by atoms with Gasteiger partial charge in [0, 0.05) is 41.6 Å². The zero-order chi connectivity index (χ0) is 25.9. The van der Waals surface area contributed by atoms with E-state index >= 15 is 0 Å². The number of ether oxygens (including phenoxy) is 1. The summed E-state index contributed by atoms with van der Waals surface area (Å²) in [7, 11) is 0. The summed E-state index contributed by atoms with van der Waals surface area (Å²) in [5, 5.41) is 21.2. The van der Waals surface area contributed by atoms with Crippen molar-refractivity contribution in [1.29, 1.82) is 0 Å². The van der Waals surface area contributed by atoms with Gasteiger partial charge in [0.05, 0.1) is 25.1 Å². The van der Waals surface area contributed by atoms with Gasteiger partial charge in [-0.05, 0) is 74.6 Å². The Morgan fingerprint density at radius 2 is 2.13 bits per heavy atom. The van der Waals surface area contributed by atoms with Gasteiger partial charge in [0.15, 0.2) is 11.3 Å². The standard InChI is InChI=1S/C28H32N8O2/c1-18-5-6-19(15-29-18)16-30-28(37)24-17-36(35-33-24)11-3-2-4-22-14-23-25(20-9-12-38-13-10-20)26(21-7-8-21)31-27(23)34-32-22/h5-6,9,14-15,17,21H,2-4,7-8,10-13,16H2,1H3,(H,30,37)(H,31,34). The number of nitrogens with one attached hydrogen (secondary N) is 2. The molecule has 4 aromatic heterocycles. The van der Waals surface area contributed by atoms with E-state index in [1.807, 2.05) is 19.1 Å². The van der Waals surface area contributed by atoms with Crippen LogP contribution in [0, 0.1) is 6.92 Å². The number of unbranched alkanes of at least 4 members (excludes halogenated alkanes) is 1. The lowest BCUT2D eigenvalue weighted by Crippen LogP contribution is -2.23. The molecule has 1 saturated carbocycles. The number of hydrogen-bond acceptors (Lipinski definition) is 7. The largest absolute Gasteiger partial charge is 0.377 e. The predicted octanol–water partition coefficient (Wildman–Crippen LogP) is 3.89. The average molecular weight is 513 g/mol. The van der Waals surface area contributed by atoms with E-state index in [-0.39, 0.29) is 5.91 Å². The molecule has 1 aliphatic heterocycles. The molecule has 1 fully saturated rings. The van der Waals surface area contributed by atoms with Crippen LogP contribution in [0.15, 0.2) is 36.7 Å². The van der Waals surface area contributed by atoms with Crippen LogP contribution in [0.3, 0.4) is 0 Å². The molecule has 0 unspecified atom stereocenters. The highest BCUT2D eigenvalue weighted by Gasteiger charge is 2.31. The summed E-state index contributed by atoms with van der Waals surface area (Å²) in [4.78, 5) is 20.2. The molecule has 0 saturated heterocycles. The Kier molecular flexibility index (Phi) is 6.96. The third kappa shape index (κ3) is 5.50. The Hall–Kier alpha value is -3.92. The first-order chi connectivity index (χ1) is 18.6. The first-order valence-corrected chi connectivity index (χ1v) is 13.4. The minimum absolute atomic E-state index is 0.243. The van der Waals surface area contributed by atoms with Crippen LogP contribution in [0.5, 0.6) is 0 Å². The summed E-state index contributed by atoms with van der Waals surface area (Å²) in [6, 6.07) is 6.08. The molecule has 0 atom stereocenters. The highest BCUT2D eigenvalue weighted by atomic mass is 16.5. The van der Waals surface area contributed by atoms with Crippen LogP contribution < -0.4 is 5.32 Å². The van der Waals surface area contributed by atoms with E-state index in [1.54, 1.807) is 17.1 Å². The molecule has 0 spiro atoms. The number of carbonyl (C=O) groups excluding carboxylic acids is 1. The van der Waals surface area contributed by atoms with Gasteiger partial charge in [0.2, 0.25) is 0 Å². The molecule has 6 rings (SSSR count).